The van der Waals surface area contributed by atoms with Crippen LogP contribution >= 0.6 is 11.3 Å². The molecule has 1 aliphatic carbocycles. The number of hydrogen-bond acceptors (Lipinski definition) is 6. The Bertz CT molecular complexity index is 1650. The number of H-pyrrole nitrogens is 1. The molecule has 2 aromatic carbocycles. The van der Waals surface area contributed by atoms with E-state index in [2.05, 4.69) is 16.0 Å². The average Bonchev–Trinajstić information content (AvgIpc) is 3.29. The summed E-state index contributed by atoms with van der Waals surface area (Å²) in [7, 11) is 1.44. The zero-order chi connectivity index (χ0) is 26.9. The Morgan fingerprint density at radius 2 is 2.00 bits per heavy atom. The number of thiophene rings is 1. The van der Waals surface area contributed by atoms with Crippen molar-refractivity contribution in [2.75, 3.05) is 7.11 Å². The number of nitrogens with zero attached hydrogens (tertiary/aromatic N) is 2. The van der Waals surface area contributed by atoms with Crippen LogP contribution in [-0.2, 0) is 25.6 Å². The summed E-state index contributed by atoms with van der Waals surface area (Å²) in [6, 6.07) is 12.0. The van der Waals surface area contributed by atoms with Gasteiger partial charge in [-0.15, -0.1) is 11.3 Å². The standard InChI is InChI=1S/C28H22F3N3O3S/c1-36-22-13-16(9-10-21(22)37-15-17-5-4-6-19(12-17)28(29,30)31)11-18(14-32)25-33-26(35)24-20-7-2-3-8-23(20)38-27(24)34-25/h4-6,9-13H,2-3,7-8,15H2,1H3,(H,33,34,35)/b18-11+. The Kier molecular flexibility index (Phi) is 6.95. The Hall–Kier alpha value is -4.10. The van der Waals surface area contributed by atoms with Crippen molar-refractivity contribution in [3.8, 4) is 17.6 Å². The first-order valence-electron chi connectivity index (χ1n) is 11.9. The molecule has 0 spiro atoms. The van der Waals surface area contributed by atoms with Crippen LogP contribution in [-0.4, -0.2) is 17.1 Å². The van der Waals surface area contributed by atoms with E-state index in [0.717, 1.165) is 43.4 Å². The van der Waals surface area contributed by atoms with Gasteiger partial charge < -0.3 is 14.5 Å². The number of allylic oxidation sites excluding steroid dienone is 1. The summed E-state index contributed by atoms with van der Waals surface area (Å²) >= 11 is 1.51. The molecule has 1 N–H and O–H groups in total. The molecule has 0 unspecified atom stereocenters. The zero-order valence-electron chi connectivity index (χ0n) is 20.3. The molecule has 0 fully saturated rings. The van der Waals surface area contributed by atoms with E-state index in [1.54, 1.807) is 30.3 Å². The van der Waals surface area contributed by atoms with Crippen LogP contribution in [0.3, 0.4) is 0 Å². The third-order valence-corrected chi connectivity index (χ3v) is 7.53. The lowest BCUT2D eigenvalue weighted by Gasteiger charge is -2.13. The molecule has 2 heterocycles. The molecule has 0 saturated heterocycles. The van der Waals surface area contributed by atoms with Gasteiger partial charge in [0, 0.05) is 4.88 Å². The first kappa shape index (κ1) is 25.5. The maximum atomic E-state index is 13.0. The van der Waals surface area contributed by atoms with Gasteiger partial charge in [0.25, 0.3) is 5.56 Å². The van der Waals surface area contributed by atoms with Crippen LogP contribution in [0.15, 0.2) is 47.3 Å². The Labute approximate surface area is 220 Å². The summed E-state index contributed by atoms with van der Waals surface area (Å²) in [5.41, 5.74) is 1.21. The fourth-order valence-corrected chi connectivity index (χ4v) is 5.77. The summed E-state index contributed by atoms with van der Waals surface area (Å²) in [4.78, 5) is 22.1. The minimum absolute atomic E-state index is 0.0884. The highest BCUT2D eigenvalue weighted by Crippen LogP contribution is 2.35. The third-order valence-electron chi connectivity index (χ3n) is 6.35. The maximum Gasteiger partial charge on any atom is 0.416 e. The second-order valence-electron chi connectivity index (χ2n) is 8.87. The highest BCUT2D eigenvalue weighted by Gasteiger charge is 2.30. The van der Waals surface area contributed by atoms with Crippen LogP contribution in [0, 0.1) is 11.3 Å². The van der Waals surface area contributed by atoms with Crippen molar-refractivity contribution >= 4 is 33.2 Å². The molecule has 5 rings (SSSR count). The fraction of sp³-hybridized carbons (Fsp3) is 0.250. The minimum atomic E-state index is -4.44. The Balaban J connectivity index is 1.41. The lowest BCUT2D eigenvalue weighted by Crippen LogP contribution is -2.12. The maximum absolute atomic E-state index is 13.0. The molecule has 0 atom stereocenters. The molecular weight excluding hydrogens is 515 g/mol. The van der Waals surface area contributed by atoms with Gasteiger partial charge in [0.05, 0.1) is 23.6 Å². The summed E-state index contributed by atoms with van der Waals surface area (Å²) in [5.74, 6) is 0.857. The SMILES string of the molecule is COc1cc(/C=C(\C#N)c2nc3sc4c(c3c(=O)[nH]2)CCCC4)ccc1OCc1cccc(C(F)(F)F)c1. The number of ether oxygens (including phenoxy) is 2. The molecule has 1 aliphatic rings. The molecular formula is C28H22F3N3O3S. The largest absolute Gasteiger partial charge is 0.493 e. The number of nitriles is 1. The van der Waals surface area contributed by atoms with Crippen molar-refractivity contribution in [2.45, 2.75) is 38.5 Å². The smallest absolute Gasteiger partial charge is 0.416 e. The number of fused-ring (bicyclic) bond motifs is 3. The number of halogens is 3. The van der Waals surface area contributed by atoms with Gasteiger partial charge in [-0.3, -0.25) is 4.79 Å². The van der Waals surface area contributed by atoms with Gasteiger partial charge in [-0.1, -0.05) is 18.2 Å². The molecule has 6 nitrogen and oxygen atoms in total. The number of methoxy groups -OCH3 is 1. The van der Waals surface area contributed by atoms with Crippen molar-refractivity contribution in [3.05, 3.63) is 85.8 Å². The second kappa shape index (κ2) is 10.3. The Morgan fingerprint density at radius 1 is 1.18 bits per heavy atom. The van der Waals surface area contributed by atoms with E-state index < -0.39 is 11.7 Å². The van der Waals surface area contributed by atoms with Gasteiger partial charge in [-0.25, -0.2) is 4.98 Å². The van der Waals surface area contributed by atoms with Gasteiger partial charge in [-0.2, -0.15) is 18.4 Å². The van der Waals surface area contributed by atoms with Crippen LogP contribution < -0.4 is 15.0 Å². The van der Waals surface area contributed by atoms with Gasteiger partial charge in [0.2, 0.25) is 0 Å². The van der Waals surface area contributed by atoms with E-state index in [1.165, 1.54) is 29.4 Å². The second-order valence-corrected chi connectivity index (χ2v) is 9.96. The number of nitrogens with one attached hydrogen (secondary N) is 1. The van der Waals surface area contributed by atoms with Crippen molar-refractivity contribution < 1.29 is 22.6 Å². The quantitative estimate of drug-likeness (QED) is 0.283. The van der Waals surface area contributed by atoms with Gasteiger partial charge in [0.1, 0.15) is 17.5 Å². The number of alkyl halides is 3. The minimum Gasteiger partial charge on any atom is -0.493 e. The van der Waals surface area contributed by atoms with Crippen molar-refractivity contribution in [1.29, 1.82) is 5.26 Å². The molecule has 4 aromatic rings. The monoisotopic (exact) mass is 537 g/mol. The van der Waals surface area contributed by atoms with E-state index in [9.17, 15) is 23.2 Å². The first-order valence-corrected chi connectivity index (χ1v) is 12.7. The molecule has 2 aromatic heterocycles. The normalized spacial score (nSPS) is 13.7. The van der Waals surface area contributed by atoms with Crippen molar-refractivity contribution in [2.24, 2.45) is 0 Å². The van der Waals surface area contributed by atoms with Crippen LogP contribution in [0.1, 0.15) is 45.8 Å². The molecule has 194 valence electrons. The summed E-state index contributed by atoms with van der Waals surface area (Å²) in [6.45, 7) is -0.0884. The predicted octanol–water partition coefficient (Wildman–Crippen LogP) is 6.53. The molecule has 0 bridgehead atoms. The van der Waals surface area contributed by atoms with Crippen LogP contribution in [0.4, 0.5) is 13.2 Å². The number of aryl methyl sites for hydroxylation is 2. The summed E-state index contributed by atoms with van der Waals surface area (Å²) in [6.07, 6.45) is 1.08. The summed E-state index contributed by atoms with van der Waals surface area (Å²) in [5, 5.41) is 10.4. The number of rotatable bonds is 6. The van der Waals surface area contributed by atoms with Crippen molar-refractivity contribution in [3.63, 3.8) is 0 Å². The molecule has 0 aliphatic heterocycles. The van der Waals surface area contributed by atoms with Crippen LogP contribution in [0.5, 0.6) is 11.5 Å². The molecule has 38 heavy (non-hydrogen) atoms. The first-order chi connectivity index (χ1) is 18.3. The fourth-order valence-electron chi connectivity index (χ4n) is 4.50. The zero-order valence-corrected chi connectivity index (χ0v) is 21.1. The summed E-state index contributed by atoms with van der Waals surface area (Å²) < 4.78 is 50.1. The van der Waals surface area contributed by atoms with Crippen molar-refractivity contribution in [1.82, 2.24) is 9.97 Å². The topological polar surface area (TPSA) is 88.0 Å². The Morgan fingerprint density at radius 3 is 2.76 bits per heavy atom. The third kappa shape index (κ3) is 5.15. The number of aromatic nitrogens is 2. The van der Waals surface area contributed by atoms with Crippen LogP contribution in [0.2, 0.25) is 0 Å². The average molecular weight is 538 g/mol. The predicted molar refractivity (Wildman–Crippen MR) is 139 cm³/mol. The molecule has 0 radical (unpaired) electrons. The number of aromatic amines is 1. The number of benzene rings is 2. The lowest BCUT2D eigenvalue weighted by atomic mass is 9.97. The van der Waals surface area contributed by atoms with E-state index in [1.807, 2.05) is 0 Å². The molecule has 10 heteroatoms. The lowest BCUT2D eigenvalue weighted by molar-refractivity contribution is -0.137. The van der Waals surface area contributed by atoms with Gasteiger partial charge in [-0.05, 0) is 72.7 Å². The van der Waals surface area contributed by atoms with E-state index in [0.29, 0.717) is 32.8 Å². The van der Waals surface area contributed by atoms with E-state index >= 15 is 0 Å². The van der Waals surface area contributed by atoms with Crippen LogP contribution in [0.25, 0.3) is 21.9 Å². The molecule has 0 saturated carbocycles. The van der Waals surface area contributed by atoms with Gasteiger partial charge >= 0.3 is 6.18 Å². The highest BCUT2D eigenvalue weighted by atomic mass is 32.1. The number of hydrogen-bond donors (Lipinski definition) is 1. The molecule has 0 amide bonds. The van der Waals surface area contributed by atoms with E-state index in [-0.39, 0.29) is 23.6 Å². The highest BCUT2D eigenvalue weighted by molar-refractivity contribution is 7.18. The van der Waals surface area contributed by atoms with Gasteiger partial charge in [0.15, 0.2) is 17.3 Å². The van der Waals surface area contributed by atoms with E-state index in [4.69, 9.17) is 9.47 Å².